The van der Waals surface area contributed by atoms with E-state index in [2.05, 4.69) is 5.32 Å². The Morgan fingerprint density at radius 3 is 2.85 bits per heavy atom. The largest absolute Gasteiger partial charge is 0.375 e. The summed E-state index contributed by atoms with van der Waals surface area (Å²) in [4.78, 5) is 13.7. The molecule has 0 aromatic rings. The van der Waals surface area contributed by atoms with Gasteiger partial charge in [-0.25, -0.2) is 0 Å². The van der Waals surface area contributed by atoms with Crippen LogP contribution in [0.1, 0.15) is 6.92 Å². The van der Waals surface area contributed by atoms with Crippen LogP contribution in [0, 0.1) is 5.92 Å². The van der Waals surface area contributed by atoms with E-state index >= 15 is 0 Å². The minimum Gasteiger partial charge on any atom is -0.375 e. The zero-order valence-electron chi connectivity index (χ0n) is 7.95. The molecule has 2 rings (SSSR count). The van der Waals surface area contributed by atoms with Gasteiger partial charge >= 0.3 is 0 Å². The molecule has 74 valence electrons. The third-order valence-corrected chi connectivity index (χ3v) is 2.68. The van der Waals surface area contributed by atoms with Gasteiger partial charge in [0.15, 0.2) is 0 Å². The van der Waals surface area contributed by atoms with E-state index in [0.29, 0.717) is 12.5 Å². The minimum atomic E-state index is 0.200. The molecule has 2 saturated heterocycles. The quantitative estimate of drug-likeness (QED) is 0.594. The Bertz CT molecular complexity index is 204. The molecule has 1 N–H and O–H groups in total. The summed E-state index contributed by atoms with van der Waals surface area (Å²) in [5.41, 5.74) is 0. The summed E-state index contributed by atoms with van der Waals surface area (Å²) in [6.07, 6.45) is 0.200. The third-order valence-electron chi connectivity index (χ3n) is 2.68. The molecule has 2 aliphatic heterocycles. The van der Waals surface area contributed by atoms with Gasteiger partial charge in [0.05, 0.1) is 18.6 Å². The van der Waals surface area contributed by atoms with Crippen molar-refractivity contribution in [3.05, 3.63) is 0 Å². The van der Waals surface area contributed by atoms with Crippen molar-refractivity contribution in [1.82, 2.24) is 10.2 Å². The lowest BCUT2D eigenvalue weighted by atomic mass is 10.0. The summed E-state index contributed by atoms with van der Waals surface area (Å²) in [6, 6.07) is 0. The Balaban J connectivity index is 1.87. The zero-order chi connectivity index (χ0) is 9.26. The average molecular weight is 184 g/mol. The van der Waals surface area contributed by atoms with Crippen LogP contribution in [0.5, 0.6) is 0 Å². The molecular weight excluding hydrogens is 168 g/mol. The maximum atomic E-state index is 11.8. The van der Waals surface area contributed by atoms with E-state index in [-0.39, 0.29) is 12.0 Å². The number of nitrogens with zero attached hydrogens (tertiary/aromatic N) is 1. The highest BCUT2D eigenvalue weighted by molar-refractivity contribution is 5.80. The summed E-state index contributed by atoms with van der Waals surface area (Å²) >= 11 is 0. The molecule has 0 aliphatic carbocycles. The summed E-state index contributed by atoms with van der Waals surface area (Å²) in [7, 11) is 0. The molecule has 0 saturated carbocycles. The highest BCUT2D eigenvalue weighted by Gasteiger charge is 2.31. The SMILES string of the molecule is C[C@@H]1CN(C(=O)C2CNC2)CCO1. The van der Waals surface area contributed by atoms with Gasteiger partial charge in [-0.2, -0.15) is 0 Å². The Labute approximate surface area is 78.2 Å². The fraction of sp³-hybridized carbons (Fsp3) is 0.889. The van der Waals surface area contributed by atoms with Gasteiger partial charge in [0.25, 0.3) is 0 Å². The van der Waals surface area contributed by atoms with Crippen LogP contribution in [0.3, 0.4) is 0 Å². The van der Waals surface area contributed by atoms with Gasteiger partial charge in [0.2, 0.25) is 5.91 Å². The van der Waals surface area contributed by atoms with Crippen molar-refractivity contribution >= 4 is 5.91 Å². The first-order chi connectivity index (χ1) is 6.27. The van der Waals surface area contributed by atoms with E-state index < -0.39 is 0 Å². The minimum absolute atomic E-state index is 0.200. The highest BCUT2D eigenvalue weighted by Crippen LogP contribution is 2.12. The molecule has 0 radical (unpaired) electrons. The molecule has 0 bridgehead atoms. The first-order valence-electron chi connectivity index (χ1n) is 4.88. The van der Waals surface area contributed by atoms with Crippen molar-refractivity contribution in [2.24, 2.45) is 5.92 Å². The third kappa shape index (κ3) is 1.84. The van der Waals surface area contributed by atoms with E-state index in [1.165, 1.54) is 0 Å². The second-order valence-electron chi connectivity index (χ2n) is 3.82. The van der Waals surface area contributed by atoms with E-state index in [1.807, 2.05) is 11.8 Å². The smallest absolute Gasteiger partial charge is 0.228 e. The maximum absolute atomic E-state index is 11.8. The molecule has 0 unspecified atom stereocenters. The molecule has 1 amide bonds. The van der Waals surface area contributed by atoms with Crippen molar-refractivity contribution in [3.63, 3.8) is 0 Å². The predicted molar refractivity (Wildman–Crippen MR) is 48.4 cm³/mol. The first-order valence-corrected chi connectivity index (χ1v) is 4.88. The van der Waals surface area contributed by atoms with Crippen LogP contribution in [0.25, 0.3) is 0 Å². The Kier molecular flexibility index (Phi) is 2.51. The number of morpholine rings is 1. The van der Waals surface area contributed by atoms with Gasteiger partial charge in [-0.3, -0.25) is 4.79 Å². The van der Waals surface area contributed by atoms with Crippen LogP contribution in [0.2, 0.25) is 0 Å². The number of carbonyl (C=O) groups is 1. The molecule has 13 heavy (non-hydrogen) atoms. The molecule has 0 aromatic heterocycles. The fourth-order valence-corrected chi connectivity index (χ4v) is 1.74. The van der Waals surface area contributed by atoms with Gasteiger partial charge in [-0.1, -0.05) is 0 Å². The number of hydrogen-bond acceptors (Lipinski definition) is 3. The normalized spacial score (nSPS) is 29.9. The number of carbonyl (C=O) groups excluding carboxylic acids is 1. The number of rotatable bonds is 1. The van der Waals surface area contributed by atoms with Gasteiger partial charge in [-0.05, 0) is 6.92 Å². The van der Waals surface area contributed by atoms with Crippen LogP contribution in [0.4, 0.5) is 0 Å². The van der Waals surface area contributed by atoms with Crippen LogP contribution < -0.4 is 5.32 Å². The van der Waals surface area contributed by atoms with Crippen molar-refractivity contribution in [3.8, 4) is 0 Å². The summed E-state index contributed by atoms with van der Waals surface area (Å²) in [5.74, 6) is 0.527. The van der Waals surface area contributed by atoms with Gasteiger partial charge < -0.3 is 15.0 Å². The van der Waals surface area contributed by atoms with Crippen molar-refractivity contribution in [1.29, 1.82) is 0 Å². The molecule has 2 aliphatic rings. The second-order valence-corrected chi connectivity index (χ2v) is 3.82. The lowest BCUT2D eigenvalue weighted by Gasteiger charge is -2.36. The lowest BCUT2D eigenvalue weighted by Crippen LogP contribution is -2.55. The van der Waals surface area contributed by atoms with Crippen LogP contribution in [-0.2, 0) is 9.53 Å². The Morgan fingerprint density at radius 2 is 2.31 bits per heavy atom. The van der Waals surface area contributed by atoms with Gasteiger partial charge in [-0.15, -0.1) is 0 Å². The Hall–Kier alpha value is -0.610. The molecule has 4 nitrogen and oxygen atoms in total. The van der Waals surface area contributed by atoms with Crippen LogP contribution in [0.15, 0.2) is 0 Å². The van der Waals surface area contributed by atoms with Crippen LogP contribution in [-0.4, -0.2) is 49.7 Å². The second kappa shape index (κ2) is 3.64. The molecule has 2 fully saturated rings. The molecule has 1 atom stereocenters. The zero-order valence-corrected chi connectivity index (χ0v) is 7.95. The van der Waals surface area contributed by atoms with Crippen LogP contribution >= 0.6 is 0 Å². The topological polar surface area (TPSA) is 41.6 Å². The number of hydrogen-bond donors (Lipinski definition) is 1. The van der Waals surface area contributed by atoms with E-state index in [1.54, 1.807) is 0 Å². The number of ether oxygens (including phenoxy) is 1. The maximum Gasteiger partial charge on any atom is 0.228 e. The van der Waals surface area contributed by atoms with Crippen molar-refractivity contribution < 1.29 is 9.53 Å². The van der Waals surface area contributed by atoms with E-state index in [9.17, 15) is 4.79 Å². The summed E-state index contributed by atoms with van der Waals surface area (Å²) < 4.78 is 5.38. The summed E-state index contributed by atoms with van der Waals surface area (Å²) in [5, 5.41) is 3.11. The molecule has 4 heteroatoms. The molecule has 2 heterocycles. The molecular formula is C9H16N2O2. The fourth-order valence-electron chi connectivity index (χ4n) is 1.74. The van der Waals surface area contributed by atoms with Gasteiger partial charge in [0, 0.05) is 26.2 Å². The highest BCUT2D eigenvalue weighted by atomic mass is 16.5. The van der Waals surface area contributed by atoms with Crippen molar-refractivity contribution in [2.45, 2.75) is 13.0 Å². The predicted octanol–water partition coefficient (Wildman–Crippen LogP) is -0.547. The number of amides is 1. The molecule has 0 spiro atoms. The average Bonchev–Trinajstić information content (AvgIpc) is 2.01. The Morgan fingerprint density at radius 1 is 1.54 bits per heavy atom. The standard InChI is InChI=1S/C9H16N2O2/c1-7-6-11(2-3-13-7)9(12)8-4-10-5-8/h7-8,10H,2-6H2,1H3/t7-/m1/s1. The number of nitrogens with one attached hydrogen (secondary N) is 1. The van der Waals surface area contributed by atoms with Crippen molar-refractivity contribution in [2.75, 3.05) is 32.8 Å². The lowest BCUT2D eigenvalue weighted by molar-refractivity contribution is -0.144. The monoisotopic (exact) mass is 184 g/mol. The van der Waals surface area contributed by atoms with E-state index in [4.69, 9.17) is 4.74 Å². The first kappa shape index (κ1) is 8.97. The molecule has 0 aromatic carbocycles. The summed E-state index contributed by atoms with van der Waals surface area (Å²) in [6.45, 7) is 5.93. The van der Waals surface area contributed by atoms with E-state index in [0.717, 1.165) is 26.2 Å². The van der Waals surface area contributed by atoms with Gasteiger partial charge in [0.1, 0.15) is 0 Å².